The van der Waals surface area contributed by atoms with Crippen LogP contribution in [0.15, 0.2) is 18.2 Å². The van der Waals surface area contributed by atoms with Crippen LogP contribution in [0.4, 0.5) is 32.0 Å². The predicted molar refractivity (Wildman–Crippen MR) is 77.6 cm³/mol. The quantitative estimate of drug-likeness (QED) is 0.645. The molecule has 1 aromatic carbocycles. The van der Waals surface area contributed by atoms with Gasteiger partial charge in [0.05, 0.1) is 11.1 Å². The van der Waals surface area contributed by atoms with Crippen molar-refractivity contribution in [2.75, 3.05) is 18.9 Å². The average Bonchev–Trinajstić information content (AvgIpc) is 2.49. The molecule has 0 radical (unpaired) electrons. The molecule has 1 aromatic rings. The van der Waals surface area contributed by atoms with E-state index in [4.69, 9.17) is 0 Å². The molecule has 10 heteroatoms. The summed E-state index contributed by atoms with van der Waals surface area (Å²) in [6.45, 7) is 2.08. The van der Waals surface area contributed by atoms with E-state index in [1.807, 2.05) is 6.92 Å². The van der Waals surface area contributed by atoms with Gasteiger partial charge in [-0.15, -0.1) is 0 Å². The van der Waals surface area contributed by atoms with Crippen molar-refractivity contribution in [1.29, 1.82) is 0 Å². The molecule has 0 heterocycles. The van der Waals surface area contributed by atoms with Crippen LogP contribution in [0.5, 0.6) is 0 Å². The van der Waals surface area contributed by atoms with Gasteiger partial charge in [0.25, 0.3) is 0 Å². The maximum atomic E-state index is 12.7. The summed E-state index contributed by atoms with van der Waals surface area (Å²) in [5.41, 5.74) is -3.92. The van der Waals surface area contributed by atoms with Crippen molar-refractivity contribution < 1.29 is 35.9 Å². The van der Waals surface area contributed by atoms with Crippen LogP contribution in [0.1, 0.15) is 30.9 Å². The molecule has 0 unspecified atom stereocenters. The third-order valence-electron chi connectivity index (χ3n) is 3.23. The molecule has 0 aliphatic rings. The van der Waals surface area contributed by atoms with E-state index in [1.54, 1.807) is 5.32 Å². The molecule has 0 atom stereocenters. The number of hydrogen-bond acceptors (Lipinski definition) is 2. The molecule has 1 N–H and O–H groups in total. The topological polar surface area (TPSA) is 49.4 Å². The molecule has 1 rings (SSSR count). The summed E-state index contributed by atoms with van der Waals surface area (Å²) in [5, 5.41) is 1.79. The van der Waals surface area contributed by atoms with Crippen molar-refractivity contribution in [3.8, 4) is 0 Å². The van der Waals surface area contributed by atoms with Crippen LogP contribution < -0.4 is 5.32 Å². The average molecular weight is 370 g/mol. The Morgan fingerprint density at radius 2 is 1.48 bits per heavy atom. The second-order valence-electron chi connectivity index (χ2n) is 5.33. The third-order valence-corrected chi connectivity index (χ3v) is 3.23. The van der Waals surface area contributed by atoms with E-state index >= 15 is 0 Å². The number of carbonyl (C=O) groups excluding carboxylic acids is 2. The SMILES string of the molecule is CCCCN(C)C(=O)C(=O)Nc1cc(C(F)(F)F)cc(C(F)(F)F)c1. The fourth-order valence-electron chi connectivity index (χ4n) is 1.88. The molecular weight excluding hydrogens is 354 g/mol. The Morgan fingerprint density at radius 3 is 1.88 bits per heavy atom. The third kappa shape index (κ3) is 5.95. The van der Waals surface area contributed by atoms with E-state index in [0.29, 0.717) is 18.6 Å². The number of nitrogens with zero attached hydrogens (tertiary/aromatic N) is 1. The van der Waals surface area contributed by atoms with Gasteiger partial charge in [-0.1, -0.05) is 13.3 Å². The highest BCUT2D eigenvalue weighted by Crippen LogP contribution is 2.37. The molecule has 0 aliphatic carbocycles. The Morgan fingerprint density at radius 1 is 1.00 bits per heavy atom. The first-order valence-corrected chi connectivity index (χ1v) is 7.22. The zero-order chi connectivity index (χ0) is 19.4. The Labute approximate surface area is 139 Å². The van der Waals surface area contributed by atoms with Gasteiger partial charge in [0.15, 0.2) is 0 Å². The summed E-state index contributed by atoms with van der Waals surface area (Å²) >= 11 is 0. The number of hydrogen-bond donors (Lipinski definition) is 1. The van der Waals surface area contributed by atoms with Crippen molar-refractivity contribution in [2.24, 2.45) is 0 Å². The van der Waals surface area contributed by atoms with Gasteiger partial charge >= 0.3 is 24.2 Å². The summed E-state index contributed by atoms with van der Waals surface area (Å²) in [4.78, 5) is 24.6. The molecule has 2 amide bonds. The zero-order valence-electron chi connectivity index (χ0n) is 13.4. The fraction of sp³-hybridized carbons (Fsp3) is 0.467. The van der Waals surface area contributed by atoms with Crippen LogP contribution in [0.25, 0.3) is 0 Å². The monoisotopic (exact) mass is 370 g/mol. The maximum absolute atomic E-state index is 12.7. The van der Waals surface area contributed by atoms with Crippen LogP contribution in [-0.2, 0) is 21.9 Å². The molecule has 0 aromatic heterocycles. The molecule has 0 saturated carbocycles. The van der Waals surface area contributed by atoms with Crippen LogP contribution >= 0.6 is 0 Å². The Balaban J connectivity index is 3.08. The van der Waals surface area contributed by atoms with E-state index in [2.05, 4.69) is 0 Å². The largest absolute Gasteiger partial charge is 0.416 e. The second-order valence-corrected chi connectivity index (χ2v) is 5.33. The predicted octanol–water partition coefficient (Wildman–Crippen LogP) is 3.92. The number of carbonyl (C=O) groups is 2. The number of benzene rings is 1. The van der Waals surface area contributed by atoms with Crippen molar-refractivity contribution in [3.05, 3.63) is 29.3 Å². The lowest BCUT2D eigenvalue weighted by Crippen LogP contribution is -2.37. The van der Waals surface area contributed by atoms with Gasteiger partial charge in [0, 0.05) is 19.3 Å². The van der Waals surface area contributed by atoms with E-state index in [-0.39, 0.29) is 12.6 Å². The van der Waals surface area contributed by atoms with Crippen LogP contribution in [0, 0.1) is 0 Å². The van der Waals surface area contributed by atoms with Crippen molar-refractivity contribution >= 4 is 17.5 Å². The second kappa shape index (κ2) is 7.75. The first-order valence-electron chi connectivity index (χ1n) is 7.22. The number of alkyl halides is 6. The molecule has 0 aliphatic heterocycles. The molecule has 0 fully saturated rings. The number of unbranched alkanes of at least 4 members (excludes halogenated alkanes) is 1. The van der Waals surface area contributed by atoms with Crippen molar-refractivity contribution in [3.63, 3.8) is 0 Å². The number of anilines is 1. The van der Waals surface area contributed by atoms with Gasteiger partial charge in [-0.2, -0.15) is 26.3 Å². The van der Waals surface area contributed by atoms with E-state index in [9.17, 15) is 35.9 Å². The summed E-state index contributed by atoms with van der Waals surface area (Å²) in [5.74, 6) is -2.37. The van der Waals surface area contributed by atoms with Crippen LogP contribution in [0.3, 0.4) is 0 Å². The number of halogens is 6. The highest BCUT2D eigenvalue weighted by atomic mass is 19.4. The lowest BCUT2D eigenvalue weighted by molar-refractivity contribution is -0.143. The summed E-state index contributed by atoms with van der Waals surface area (Å²) in [7, 11) is 1.31. The zero-order valence-corrected chi connectivity index (χ0v) is 13.4. The number of rotatable bonds is 4. The number of nitrogens with one attached hydrogen (secondary N) is 1. The van der Waals surface area contributed by atoms with Gasteiger partial charge in [0.1, 0.15) is 0 Å². The van der Waals surface area contributed by atoms with E-state index in [1.165, 1.54) is 7.05 Å². The Bertz CT molecular complexity index is 608. The van der Waals surface area contributed by atoms with Crippen LogP contribution in [0.2, 0.25) is 0 Å². The minimum atomic E-state index is -5.04. The molecule has 0 spiro atoms. The van der Waals surface area contributed by atoms with Gasteiger partial charge in [0.2, 0.25) is 0 Å². The van der Waals surface area contributed by atoms with Gasteiger partial charge in [-0.05, 0) is 24.6 Å². The van der Waals surface area contributed by atoms with Crippen molar-refractivity contribution in [1.82, 2.24) is 4.90 Å². The molecule has 140 valence electrons. The lowest BCUT2D eigenvalue weighted by Gasteiger charge is -2.17. The minimum Gasteiger partial charge on any atom is -0.338 e. The first-order chi connectivity index (χ1) is 11.4. The van der Waals surface area contributed by atoms with Crippen molar-refractivity contribution in [2.45, 2.75) is 32.1 Å². The summed E-state index contributed by atoms with van der Waals surface area (Å²) < 4.78 is 76.5. The standard InChI is InChI=1S/C15H16F6N2O2/c1-3-4-5-23(2)13(25)12(24)22-11-7-9(14(16,17)18)6-10(8-11)15(19,20)21/h6-8H,3-5H2,1-2H3,(H,22,24). The summed E-state index contributed by atoms with van der Waals surface area (Å²) in [6.07, 6.45) is -8.75. The van der Waals surface area contributed by atoms with E-state index in [0.717, 1.165) is 11.3 Å². The van der Waals surface area contributed by atoms with Crippen LogP contribution in [-0.4, -0.2) is 30.3 Å². The number of amides is 2. The Kier molecular flexibility index (Phi) is 6.44. The molecular formula is C15H16F6N2O2. The first kappa shape index (κ1) is 20.8. The number of likely N-dealkylation sites (N-methyl/N-ethyl adjacent to an activating group) is 1. The molecule has 25 heavy (non-hydrogen) atoms. The lowest BCUT2D eigenvalue weighted by atomic mass is 10.1. The maximum Gasteiger partial charge on any atom is 0.416 e. The molecule has 4 nitrogen and oxygen atoms in total. The highest BCUT2D eigenvalue weighted by molar-refractivity contribution is 6.39. The normalized spacial score (nSPS) is 12.0. The fourth-order valence-corrected chi connectivity index (χ4v) is 1.88. The van der Waals surface area contributed by atoms with Gasteiger partial charge in [-0.3, -0.25) is 9.59 Å². The van der Waals surface area contributed by atoms with Gasteiger partial charge in [-0.25, -0.2) is 0 Å². The molecule has 0 bridgehead atoms. The van der Waals surface area contributed by atoms with Gasteiger partial charge < -0.3 is 10.2 Å². The highest BCUT2D eigenvalue weighted by Gasteiger charge is 2.37. The van der Waals surface area contributed by atoms with E-state index < -0.39 is 41.0 Å². The molecule has 0 saturated heterocycles. The summed E-state index contributed by atoms with van der Waals surface area (Å²) in [6, 6.07) is 0.615. The smallest absolute Gasteiger partial charge is 0.338 e. The minimum absolute atomic E-state index is 0.0646. The Hall–Kier alpha value is -2.26.